The first-order chi connectivity index (χ1) is 17.5. The van der Waals surface area contributed by atoms with Crippen LogP contribution >= 0.6 is 0 Å². The summed E-state index contributed by atoms with van der Waals surface area (Å²) in [5, 5.41) is 53.5. The zero-order chi connectivity index (χ0) is 27.7. The van der Waals surface area contributed by atoms with E-state index in [0.29, 0.717) is 37.4 Å². The molecule has 0 saturated heterocycles. The second-order valence-electron chi connectivity index (χ2n) is 8.55. The fourth-order valence-electron chi connectivity index (χ4n) is 3.67. The maximum Gasteiger partial charge on any atom is 0.265 e. The number of nitrogens with one attached hydrogen (secondary N) is 1. The van der Waals surface area contributed by atoms with Crippen molar-refractivity contribution in [2.75, 3.05) is 19.6 Å². The van der Waals surface area contributed by atoms with Gasteiger partial charge in [-0.05, 0) is 70.1 Å². The van der Waals surface area contributed by atoms with Gasteiger partial charge in [-0.15, -0.1) is 0 Å². The van der Waals surface area contributed by atoms with Gasteiger partial charge < -0.3 is 42.3 Å². The number of carbonyl (C=O) groups is 3. The Kier molecular flexibility index (Phi) is 10.8. The summed E-state index contributed by atoms with van der Waals surface area (Å²) in [6.45, 7) is 2.77. The van der Waals surface area contributed by atoms with Gasteiger partial charge in [0.1, 0.15) is 6.04 Å². The van der Waals surface area contributed by atoms with Gasteiger partial charge in [0, 0.05) is 0 Å². The van der Waals surface area contributed by atoms with E-state index in [1.54, 1.807) is 0 Å². The predicted molar refractivity (Wildman–Crippen MR) is 134 cm³/mol. The number of hydrogen-bond acceptors (Lipinski definition) is 11. The first-order valence-corrected chi connectivity index (χ1v) is 11.8. The molecule has 202 valence electrons. The van der Waals surface area contributed by atoms with Crippen molar-refractivity contribution in [1.29, 1.82) is 0 Å². The molecule has 3 unspecified atom stereocenters. The molecule has 37 heavy (non-hydrogen) atoms. The number of phenols is 4. The number of imide groups is 1. The molecule has 3 atom stereocenters. The second kappa shape index (κ2) is 13.6. The average Bonchev–Trinajstić information content (AvgIpc) is 2.87. The predicted octanol–water partition coefficient (Wildman–Crippen LogP) is 0.156. The van der Waals surface area contributed by atoms with E-state index in [1.165, 1.54) is 19.1 Å². The van der Waals surface area contributed by atoms with Crippen molar-refractivity contribution >= 4 is 17.6 Å². The van der Waals surface area contributed by atoms with Gasteiger partial charge in [0.15, 0.2) is 28.8 Å². The van der Waals surface area contributed by atoms with E-state index in [9.17, 15) is 39.9 Å². The Morgan fingerprint density at radius 3 is 1.84 bits per heavy atom. The monoisotopic (exact) mass is 518 g/mol. The van der Waals surface area contributed by atoms with Gasteiger partial charge in [-0.3, -0.25) is 19.3 Å². The highest BCUT2D eigenvalue weighted by atomic mass is 16.3. The highest BCUT2D eigenvalue weighted by Gasteiger charge is 2.40. The third kappa shape index (κ3) is 7.17. The molecule has 0 radical (unpaired) electrons. The van der Waals surface area contributed by atoms with E-state index < -0.39 is 69.9 Å². The van der Waals surface area contributed by atoms with Crippen LogP contribution in [0.5, 0.6) is 23.0 Å². The molecule has 2 aromatic carbocycles. The molecule has 0 heterocycles. The first kappa shape index (κ1) is 29.5. The Balaban J connectivity index is 2.59. The molecule has 0 saturated carbocycles. The van der Waals surface area contributed by atoms with Gasteiger partial charge in [0.05, 0.1) is 23.3 Å². The van der Waals surface area contributed by atoms with Gasteiger partial charge in [0.25, 0.3) is 11.8 Å². The van der Waals surface area contributed by atoms with Crippen LogP contribution in [0, 0.1) is 0 Å². The normalized spacial score (nSPS) is 13.5. The number of benzene rings is 2. The van der Waals surface area contributed by atoms with Crippen molar-refractivity contribution in [3.05, 3.63) is 47.5 Å². The van der Waals surface area contributed by atoms with E-state index in [2.05, 4.69) is 5.32 Å². The largest absolute Gasteiger partial charge is 0.504 e. The zero-order valence-corrected chi connectivity index (χ0v) is 20.5. The van der Waals surface area contributed by atoms with E-state index in [0.717, 1.165) is 24.3 Å². The molecular formula is C25H34N4O8. The molecule has 12 nitrogen and oxygen atoms in total. The van der Waals surface area contributed by atoms with Crippen molar-refractivity contribution in [2.24, 2.45) is 11.5 Å². The number of carbonyl (C=O) groups excluding carboxylic acids is 3. The van der Waals surface area contributed by atoms with Crippen molar-refractivity contribution < 1.29 is 39.9 Å². The molecule has 2 aromatic rings. The minimum Gasteiger partial charge on any atom is -0.504 e. The van der Waals surface area contributed by atoms with Crippen LogP contribution in [0.3, 0.4) is 0 Å². The van der Waals surface area contributed by atoms with Crippen LogP contribution in [0.4, 0.5) is 0 Å². The van der Waals surface area contributed by atoms with Crippen molar-refractivity contribution in [1.82, 2.24) is 10.2 Å². The summed E-state index contributed by atoms with van der Waals surface area (Å²) >= 11 is 0. The van der Waals surface area contributed by atoms with Crippen LogP contribution in [0.25, 0.3) is 0 Å². The Morgan fingerprint density at radius 2 is 1.38 bits per heavy atom. The Labute approximate surface area is 214 Å². The number of nitrogens with two attached hydrogens (primary N) is 2. The fraction of sp³-hybridized carbons (Fsp3) is 0.400. The lowest BCUT2D eigenvalue weighted by Crippen LogP contribution is -2.55. The molecule has 0 aliphatic heterocycles. The SMILES string of the molecule is CC(O)C(N)C(=O)C(CCCNCCCN)N(C(=O)c1cccc(O)c1O)C(=O)c1cccc(O)c1O. The number of aliphatic hydroxyl groups excluding tert-OH is 1. The van der Waals surface area contributed by atoms with Crippen LogP contribution in [0.1, 0.15) is 46.9 Å². The topological polar surface area (TPSA) is 220 Å². The minimum absolute atomic E-state index is 0.0779. The number of rotatable bonds is 13. The van der Waals surface area contributed by atoms with E-state index in [1.807, 2.05) is 0 Å². The molecule has 0 fully saturated rings. The summed E-state index contributed by atoms with van der Waals surface area (Å²) < 4.78 is 0. The molecule has 2 rings (SSSR count). The maximum absolute atomic E-state index is 13.6. The summed E-state index contributed by atoms with van der Waals surface area (Å²) in [7, 11) is 0. The lowest BCUT2D eigenvalue weighted by molar-refractivity contribution is -0.126. The summed E-state index contributed by atoms with van der Waals surface area (Å²) in [6.07, 6.45) is -0.381. The number of nitrogens with zero attached hydrogens (tertiary/aromatic N) is 1. The number of amides is 2. The number of aliphatic hydroxyl groups is 1. The number of phenolic OH excluding ortho intramolecular Hbond substituents is 4. The Morgan fingerprint density at radius 1 is 0.892 bits per heavy atom. The Hall–Kier alpha value is -3.71. The van der Waals surface area contributed by atoms with Gasteiger partial charge in [-0.1, -0.05) is 12.1 Å². The number of para-hydroxylation sites is 2. The number of Topliss-reactive ketones (excluding diaryl/α,β-unsaturated/α-hetero) is 1. The molecule has 0 spiro atoms. The summed E-state index contributed by atoms with van der Waals surface area (Å²) in [6, 6.07) is 4.07. The zero-order valence-electron chi connectivity index (χ0n) is 20.5. The molecule has 2 amide bonds. The summed E-state index contributed by atoms with van der Waals surface area (Å²) in [5.74, 6) is -6.06. The fourth-order valence-corrected chi connectivity index (χ4v) is 3.67. The van der Waals surface area contributed by atoms with E-state index in [-0.39, 0.29) is 6.42 Å². The summed E-state index contributed by atoms with van der Waals surface area (Å²) in [4.78, 5) is 41.2. The van der Waals surface area contributed by atoms with Crippen molar-refractivity contribution in [2.45, 2.75) is 44.4 Å². The van der Waals surface area contributed by atoms with Gasteiger partial charge in [-0.25, -0.2) is 0 Å². The lowest BCUT2D eigenvalue weighted by atomic mass is 9.94. The molecule has 0 aliphatic rings. The van der Waals surface area contributed by atoms with Gasteiger partial charge >= 0.3 is 0 Å². The molecule has 0 bridgehead atoms. The van der Waals surface area contributed by atoms with E-state index in [4.69, 9.17) is 11.5 Å². The smallest absolute Gasteiger partial charge is 0.265 e. The van der Waals surface area contributed by atoms with Crippen molar-refractivity contribution in [3.63, 3.8) is 0 Å². The lowest BCUT2D eigenvalue weighted by Gasteiger charge is -2.32. The minimum atomic E-state index is -1.52. The maximum atomic E-state index is 13.6. The van der Waals surface area contributed by atoms with E-state index >= 15 is 0 Å². The molecule has 0 aliphatic carbocycles. The quantitative estimate of drug-likeness (QED) is 0.101. The second-order valence-corrected chi connectivity index (χ2v) is 8.55. The van der Waals surface area contributed by atoms with Crippen LogP contribution in [-0.4, -0.2) is 85.9 Å². The number of aromatic hydroxyl groups is 4. The van der Waals surface area contributed by atoms with Crippen LogP contribution < -0.4 is 16.8 Å². The highest BCUT2D eigenvalue weighted by molar-refractivity contribution is 6.15. The summed E-state index contributed by atoms with van der Waals surface area (Å²) in [5.41, 5.74) is 10.4. The highest BCUT2D eigenvalue weighted by Crippen LogP contribution is 2.33. The number of ketones is 1. The van der Waals surface area contributed by atoms with Crippen molar-refractivity contribution in [3.8, 4) is 23.0 Å². The van der Waals surface area contributed by atoms with Crippen LogP contribution in [0.15, 0.2) is 36.4 Å². The first-order valence-electron chi connectivity index (χ1n) is 11.8. The van der Waals surface area contributed by atoms with Crippen LogP contribution in [0.2, 0.25) is 0 Å². The van der Waals surface area contributed by atoms with Crippen LogP contribution in [-0.2, 0) is 4.79 Å². The average molecular weight is 519 g/mol. The number of hydrogen-bond donors (Lipinski definition) is 8. The van der Waals surface area contributed by atoms with Gasteiger partial charge in [-0.2, -0.15) is 0 Å². The molecular weight excluding hydrogens is 484 g/mol. The standard InChI is InChI=1S/C25H34N4O8/c1-14(30)20(27)23(35)17(8-4-12-28-13-5-11-26)29(24(36)15-6-2-9-18(31)21(15)33)25(37)16-7-3-10-19(32)22(16)34/h2-3,6-7,9-10,14,17,20,28,30-34H,4-5,8,11-13,26-27H2,1H3. The molecule has 10 N–H and O–H groups in total. The van der Waals surface area contributed by atoms with Gasteiger partial charge in [0.2, 0.25) is 0 Å². The third-order valence-electron chi connectivity index (χ3n) is 5.81. The molecule has 12 heteroatoms. The Bertz CT molecular complexity index is 1040. The molecule has 0 aromatic heterocycles. The third-order valence-corrected chi connectivity index (χ3v) is 5.81.